The van der Waals surface area contributed by atoms with E-state index in [9.17, 15) is 14.7 Å². The standard InChI is InChI=1S/C16H12ClN3O3/c17-10-3-1-2-9(6-10)11-7-20-14(15(21)18-11)12(8-4-5-8)13(19-20)16(22)23/h1-3,6-8H,4-5H2,(H,18,21)(H,22,23). The summed E-state index contributed by atoms with van der Waals surface area (Å²) in [5.41, 5.74) is 1.74. The fraction of sp³-hybridized carbons (Fsp3) is 0.188. The highest BCUT2D eigenvalue weighted by molar-refractivity contribution is 6.30. The fourth-order valence-electron chi connectivity index (χ4n) is 2.82. The number of benzene rings is 1. The van der Waals surface area contributed by atoms with Crippen LogP contribution in [0.15, 0.2) is 35.3 Å². The first kappa shape index (κ1) is 14.0. The van der Waals surface area contributed by atoms with Gasteiger partial charge in [-0.15, -0.1) is 0 Å². The molecule has 7 heteroatoms. The van der Waals surface area contributed by atoms with Crippen LogP contribution in [-0.4, -0.2) is 25.7 Å². The highest BCUT2D eigenvalue weighted by Gasteiger charge is 2.34. The van der Waals surface area contributed by atoms with Gasteiger partial charge < -0.3 is 10.1 Å². The first-order chi connectivity index (χ1) is 11.0. The van der Waals surface area contributed by atoms with Crippen LogP contribution in [0.25, 0.3) is 16.8 Å². The maximum absolute atomic E-state index is 12.5. The molecule has 0 saturated heterocycles. The van der Waals surface area contributed by atoms with Gasteiger partial charge in [0.05, 0.1) is 11.9 Å². The van der Waals surface area contributed by atoms with E-state index in [0.717, 1.165) is 18.4 Å². The lowest BCUT2D eigenvalue weighted by molar-refractivity contribution is 0.0689. The first-order valence-corrected chi connectivity index (χ1v) is 7.57. The van der Waals surface area contributed by atoms with Crippen LogP contribution < -0.4 is 5.56 Å². The molecule has 2 heterocycles. The van der Waals surface area contributed by atoms with E-state index in [0.29, 0.717) is 21.8 Å². The Morgan fingerprint density at radius 1 is 1.39 bits per heavy atom. The maximum atomic E-state index is 12.5. The second-order valence-corrected chi connectivity index (χ2v) is 6.08. The van der Waals surface area contributed by atoms with Crippen LogP contribution in [0, 0.1) is 0 Å². The average molecular weight is 330 g/mol. The SMILES string of the molecule is O=C(O)c1nn2cc(-c3cccc(Cl)c3)[nH]c(=O)c2c1C1CC1. The minimum Gasteiger partial charge on any atom is -0.476 e. The van der Waals surface area contributed by atoms with Crippen LogP contribution in [0.3, 0.4) is 0 Å². The molecule has 0 spiro atoms. The molecule has 0 bridgehead atoms. The molecule has 0 aliphatic heterocycles. The van der Waals surface area contributed by atoms with Crippen LogP contribution >= 0.6 is 11.6 Å². The number of aromatic nitrogens is 3. The second kappa shape index (κ2) is 4.96. The summed E-state index contributed by atoms with van der Waals surface area (Å²) in [6.45, 7) is 0. The quantitative estimate of drug-likeness (QED) is 0.773. The molecule has 116 valence electrons. The number of carbonyl (C=O) groups is 1. The molecule has 1 fully saturated rings. The van der Waals surface area contributed by atoms with Gasteiger partial charge in [-0.25, -0.2) is 9.31 Å². The van der Waals surface area contributed by atoms with Crippen molar-refractivity contribution in [1.82, 2.24) is 14.6 Å². The summed E-state index contributed by atoms with van der Waals surface area (Å²) in [5.74, 6) is -1.00. The Morgan fingerprint density at radius 3 is 2.83 bits per heavy atom. The zero-order valence-corrected chi connectivity index (χ0v) is 12.7. The number of nitrogens with one attached hydrogen (secondary N) is 1. The number of aromatic amines is 1. The van der Waals surface area contributed by atoms with E-state index >= 15 is 0 Å². The number of H-pyrrole nitrogens is 1. The maximum Gasteiger partial charge on any atom is 0.356 e. The van der Waals surface area contributed by atoms with E-state index in [1.165, 1.54) is 4.52 Å². The third-order valence-electron chi connectivity index (χ3n) is 3.99. The number of hydrogen-bond donors (Lipinski definition) is 2. The summed E-state index contributed by atoms with van der Waals surface area (Å²) in [7, 11) is 0. The molecule has 23 heavy (non-hydrogen) atoms. The number of rotatable bonds is 3. The van der Waals surface area contributed by atoms with E-state index < -0.39 is 5.97 Å². The molecule has 1 aliphatic rings. The van der Waals surface area contributed by atoms with Crippen LogP contribution in [0.2, 0.25) is 5.02 Å². The molecule has 0 atom stereocenters. The van der Waals surface area contributed by atoms with Crippen LogP contribution in [0.5, 0.6) is 0 Å². The second-order valence-electron chi connectivity index (χ2n) is 5.64. The summed E-state index contributed by atoms with van der Waals surface area (Å²) in [6, 6.07) is 7.05. The molecule has 2 aromatic heterocycles. The molecule has 6 nitrogen and oxygen atoms in total. The van der Waals surface area contributed by atoms with Crippen molar-refractivity contribution in [1.29, 1.82) is 0 Å². The van der Waals surface area contributed by atoms with Crippen LogP contribution in [0.1, 0.15) is 34.8 Å². The molecular weight excluding hydrogens is 318 g/mol. The zero-order valence-electron chi connectivity index (χ0n) is 11.9. The van der Waals surface area contributed by atoms with Crippen LogP contribution in [-0.2, 0) is 0 Å². The molecule has 0 amide bonds. The summed E-state index contributed by atoms with van der Waals surface area (Å²) < 4.78 is 1.37. The average Bonchev–Trinajstić information content (AvgIpc) is 3.27. The van der Waals surface area contributed by atoms with Crippen molar-refractivity contribution in [3.05, 3.63) is 57.1 Å². The van der Waals surface area contributed by atoms with Crippen molar-refractivity contribution >= 4 is 23.1 Å². The van der Waals surface area contributed by atoms with Gasteiger partial charge in [-0.1, -0.05) is 23.7 Å². The van der Waals surface area contributed by atoms with Gasteiger partial charge >= 0.3 is 5.97 Å². The van der Waals surface area contributed by atoms with Gasteiger partial charge in [0.15, 0.2) is 5.69 Å². The molecule has 2 N–H and O–H groups in total. The topological polar surface area (TPSA) is 87.5 Å². The first-order valence-electron chi connectivity index (χ1n) is 7.19. The van der Waals surface area contributed by atoms with Gasteiger partial charge in [0.1, 0.15) is 5.52 Å². The molecule has 0 unspecified atom stereocenters. The lowest BCUT2D eigenvalue weighted by Gasteiger charge is -2.03. The van der Waals surface area contributed by atoms with Gasteiger partial charge in [-0.3, -0.25) is 4.79 Å². The number of aromatic carboxylic acids is 1. The minimum atomic E-state index is -1.11. The van der Waals surface area contributed by atoms with E-state index in [-0.39, 0.29) is 17.2 Å². The van der Waals surface area contributed by atoms with Crippen molar-refractivity contribution < 1.29 is 9.90 Å². The normalized spacial score (nSPS) is 14.3. The van der Waals surface area contributed by atoms with E-state index in [4.69, 9.17) is 11.6 Å². The van der Waals surface area contributed by atoms with Gasteiger partial charge in [0.25, 0.3) is 5.56 Å². The number of carboxylic acids is 1. The third-order valence-corrected chi connectivity index (χ3v) is 4.22. The van der Waals surface area contributed by atoms with Crippen molar-refractivity contribution in [2.75, 3.05) is 0 Å². The molecule has 1 aromatic carbocycles. The van der Waals surface area contributed by atoms with Gasteiger partial charge in [0, 0.05) is 16.1 Å². The Morgan fingerprint density at radius 2 is 2.17 bits per heavy atom. The fourth-order valence-corrected chi connectivity index (χ4v) is 3.01. The van der Waals surface area contributed by atoms with Crippen molar-refractivity contribution in [3.63, 3.8) is 0 Å². The van der Waals surface area contributed by atoms with Gasteiger partial charge in [-0.05, 0) is 30.9 Å². The molecule has 1 aliphatic carbocycles. The summed E-state index contributed by atoms with van der Waals surface area (Å²) in [4.78, 5) is 26.7. The van der Waals surface area contributed by atoms with E-state index in [2.05, 4.69) is 10.1 Å². The highest BCUT2D eigenvalue weighted by atomic mass is 35.5. The number of fused-ring (bicyclic) bond motifs is 1. The number of carboxylic acid groups (broad SMARTS) is 1. The summed E-state index contributed by atoms with van der Waals surface area (Å²) >= 11 is 5.98. The van der Waals surface area contributed by atoms with Crippen molar-refractivity contribution in [2.45, 2.75) is 18.8 Å². The Balaban J connectivity index is 1.98. The van der Waals surface area contributed by atoms with Gasteiger partial charge in [-0.2, -0.15) is 5.10 Å². The number of halogens is 1. The molecule has 1 saturated carbocycles. The predicted molar refractivity (Wildman–Crippen MR) is 85.2 cm³/mol. The Kier molecular flexibility index (Phi) is 3.02. The molecule has 0 radical (unpaired) electrons. The summed E-state index contributed by atoms with van der Waals surface area (Å²) in [5, 5.41) is 14.0. The summed E-state index contributed by atoms with van der Waals surface area (Å²) in [6.07, 6.45) is 3.40. The zero-order chi connectivity index (χ0) is 16.1. The lowest BCUT2D eigenvalue weighted by Crippen LogP contribution is -2.12. The largest absolute Gasteiger partial charge is 0.476 e. The molecule has 4 rings (SSSR count). The Hall–Kier alpha value is -2.60. The highest BCUT2D eigenvalue weighted by Crippen LogP contribution is 2.43. The van der Waals surface area contributed by atoms with Gasteiger partial charge in [0.2, 0.25) is 0 Å². The Bertz CT molecular complexity index is 1000. The minimum absolute atomic E-state index is 0.0405. The van der Waals surface area contributed by atoms with Crippen LogP contribution in [0.4, 0.5) is 0 Å². The number of hydrogen-bond acceptors (Lipinski definition) is 3. The smallest absolute Gasteiger partial charge is 0.356 e. The van der Waals surface area contributed by atoms with E-state index in [1.807, 2.05) is 6.07 Å². The molecule has 3 aromatic rings. The molecular formula is C16H12ClN3O3. The lowest BCUT2D eigenvalue weighted by atomic mass is 10.1. The predicted octanol–water partition coefficient (Wildman–Crippen LogP) is 2.92. The third kappa shape index (κ3) is 2.31. The Labute approximate surface area is 135 Å². The van der Waals surface area contributed by atoms with Crippen molar-refractivity contribution in [2.24, 2.45) is 0 Å². The number of nitrogens with zero attached hydrogens (tertiary/aromatic N) is 2. The monoisotopic (exact) mass is 329 g/mol. The van der Waals surface area contributed by atoms with E-state index in [1.54, 1.807) is 24.4 Å². The van der Waals surface area contributed by atoms with Crippen molar-refractivity contribution in [3.8, 4) is 11.3 Å².